The van der Waals surface area contributed by atoms with Crippen molar-refractivity contribution in [3.8, 4) is 6.07 Å². The van der Waals surface area contributed by atoms with Gasteiger partial charge in [-0.3, -0.25) is 4.79 Å². The van der Waals surface area contributed by atoms with E-state index in [0.717, 1.165) is 6.42 Å². The first-order chi connectivity index (χ1) is 7.81. The molecule has 1 unspecified atom stereocenters. The van der Waals surface area contributed by atoms with E-state index in [0.29, 0.717) is 19.6 Å². The average Bonchev–Trinajstić information content (AvgIpc) is 2.32. The smallest absolute Gasteiger partial charge is 0.240 e. The maximum Gasteiger partial charge on any atom is 0.240 e. The molecule has 17 heavy (non-hydrogen) atoms. The Kier molecular flexibility index (Phi) is 6.19. The molecule has 0 fully saturated rings. The zero-order valence-corrected chi connectivity index (χ0v) is 11.6. The molecule has 0 aromatic carbocycles. The monoisotopic (exact) mass is 240 g/mol. The molecule has 0 saturated carbocycles. The van der Waals surface area contributed by atoms with Crippen LogP contribution < -0.4 is 5.32 Å². The molecule has 1 amide bonds. The Morgan fingerprint density at radius 2 is 2.00 bits per heavy atom. The Hall–Kier alpha value is -1.08. The summed E-state index contributed by atoms with van der Waals surface area (Å²) in [6, 6.07) is 2.07. The minimum Gasteiger partial charge on any atom is -0.385 e. The fraction of sp³-hybridized carbons (Fsp3) is 0.846. The van der Waals surface area contributed by atoms with Crippen LogP contribution in [0, 0.1) is 22.2 Å². The van der Waals surface area contributed by atoms with Crippen LogP contribution in [-0.2, 0) is 9.53 Å². The molecule has 0 heterocycles. The molecule has 0 aromatic heterocycles. The number of amides is 1. The van der Waals surface area contributed by atoms with Crippen LogP contribution in [0.25, 0.3) is 0 Å². The lowest BCUT2D eigenvalue weighted by molar-refractivity contribution is -0.128. The van der Waals surface area contributed by atoms with Gasteiger partial charge in [-0.25, -0.2) is 0 Å². The standard InChI is InChI=1S/C13H24N2O2/c1-6-13(4,9-14)11(16)15-10-12(2,3)7-8-17-5/h6-8,10H2,1-5H3,(H,15,16). The normalized spacial score (nSPS) is 14.8. The highest BCUT2D eigenvalue weighted by molar-refractivity contribution is 5.84. The number of nitriles is 1. The van der Waals surface area contributed by atoms with Gasteiger partial charge in [-0.05, 0) is 25.2 Å². The molecule has 0 aliphatic carbocycles. The zero-order valence-electron chi connectivity index (χ0n) is 11.6. The SMILES string of the molecule is CCC(C)(C#N)C(=O)NCC(C)(C)CCOC. The van der Waals surface area contributed by atoms with Crippen LogP contribution in [0.5, 0.6) is 0 Å². The van der Waals surface area contributed by atoms with Gasteiger partial charge >= 0.3 is 0 Å². The highest BCUT2D eigenvalue weighted by Crippen LogP contribution is 2.22. The largest absolute Gasteiger partial charge is 0.385 e. The minimum absolute atomic E-state index is 0.0181. The van der Waals surface area contributed by atoms with E-state index in [9.17, 15) is 4.79 Å². The third kappa shape index (κ3) is 5.18. The highest BCUT2D eigenvalue weighted by atomic mass is 16.5. The lowest BCUT2D eigenvalue weighted by Crippen LogP contribution is -2.42. The number of ether oxygens (including phenoxy) is 1. The molecule has 0 saturated heterocycles. The predicted molar refractivity (Wildman–Crippen MR) is 67.3 cm³/mol. The molecule has 0 bridgehead atoms. The zero-order chi connectivity index (χ0) is 13.5. The molecule has 0 rings (SSSR count). The van der Waals surface area contributed by atoms with Gasteiger partial charge in [-0.1, -0.05) is 20.8 Å². The topological polar surface area (TPSA) is 62.1 Å². The number of nitrogens with one attached hydrogen (secondary N) is 1. The van der Waals surface area contributed by atoms with Gasteiger partial charge in [0.1, 0.15) is 5.41 Å². The summed E-state index contributed by atoms with van der Waals surface area (Å²) in [4.78, 5) is 11.9. The van der Waals surface area contributed by atoms with Crippen LogP contribution in [0.4, 0.5) is 0 Å². The van der Waals surface area contributed by atoms with Gasteiger partial charge in [-0.15, -0.1) is 0 Å². The highest BCUT2D eigenvalue weighted by Gasteiger charge is 2.32. The van der Waals surface area contributed by atoms with E-state index in [4.69, 9.17) is 10.00 Å². The van der Waals surface area contributed by atoms with Crippen molar-refractivity contribution in [2.45, 2.75) is 40.5 Å². The van der Waals surface area contributed by atoms with Crippen molar-refractivity contribution in [2.75, 3.05) is 20.3 Å². The fourth-order valence-electron chi connectivity index (χ4n) is 1.27. The predicted octanol–water partition coefficient (Wildman–Crippen LogP) is 2.11. The van der Waals surface area contributed by atoms with Crippen molar-refractivity contribution < 1.29 is 9.53 Å². The van der Waals surface area contributed by atoms with Gasteiger partial charge in [0.15, 0.2) is 0 Å². The van der Waals surface area contributed by atoms with Gasteiger partial charge in [0, 0.05) is 20.3 Å². The van der Waals surface area contributed by atoms with E-state index in [1.54, 1.807) is 14.0 Å². The second kappa shape index (κ2) is 6.61. The van der Waals surface area contributed by atoms with Crippen LogP contribution in [0.2, 0.25) is 0 Å². The van der Waals surface area contributed by atoms with Gasteiger partial charge < -0.3 is 10.1 Å². The first-order valence-corrected chi connectivity index (χ1v) is 6.00. The summed E-state index contributed by atoms with van der Waals surface area (Å²) in [6.45, 7) is 8.89. The third-order valence-corrected chi connectivity index (χ3v) is 3.17. The van der Waals surface area contributed by atoms with E-state index in [1.807, 2.05) is 6.92 Å². The number of nitrogens with zero attached hydrogens (tertiary/aromatic N) is 1. The molecular formula is C13H24N2O2. The second-order valence-corrected chi connectivity index (χ2v) is 5.39. The van der Waals surface area contributed by atoms with Crippen LogP contribution in [0.1, 0.15) is 40.5 Å². The number of hydrogen-bond acceptors (Lipinski definition) is 3. The third-order valence-electron chi connectivity index (χ3n) is 3.17. The maximum absolute atomic E-state index is 11.9. The molecule has 0 spiro atoms. The second-order valence-electron chi connectivity index (χ2n) is 5.39. The summed E-state index contributed by atoms with van der Waals surface area (Å²) >= 11 is 0. The molecule has 0 aliphatic rings. The molecular weight excluding hydrogens is 216 g/mol. The first kappa shape index (κ1) is 15.9. The molecule has 0 aliphatic heterocycles. The summed E-state index contributed by atoms with van der Waals surface area (Å²) in [5.74, 6) is -0.187. The molecule has 1 N–H and O–H groups in total. The van der Waals surface area contributed by atoms with Gasteiger partial charge in [0.25, 0.3) is 0 Å². The van der Waals surface area contributed by atoms with E-state index in [1.165, 1.54) is 0 Å². The molecule has 0 radical (unpaired) electrons. The van der Waals surface area contributed by atoms with Gasteiger partial charge in [0.05, 0.1) is 6.07 Å². The first-order valence-electron chi connectivity index (χ1n) is 6.00. The fourth-order valence-corrected chi connectivity index (χ4v) is 1.27. The summed E-state index contributed by atoms with van der Waals surface area (Å²) in [6.07, 6.45) is 1.40. The Bertz CT molecular complexity index is 294. The van der Waals surface area contributed by atoms with Crippen molar-refractivity contribution >= 4 is 5.91 Å². The Morgan fingerprint density at radius 1 is 1.41 bits per heavy atom. The summed E-state index contributed by atoms with van der Waals surface area (Å²) in [5.41, 5.74) is -0.937. The number of rotatable bonds is 7. The summed E-state index contributed by atoms with van der Waals surface area (Å²) in [7, 11) is 1.67. The van der Waals surface area contributed by atoms with Crippen LogP contribution in [0.15, 0.2) is 0 Å². The molecule has 98 valence electrons. The van der Waals surface area contributed by atoms with Gasteiger partial charge in [-0.2, -0.15) is 5.26 Å². The van der Waals surface area contributed by atoms with Crippen molar-refractivity contribution in [1.82, 2.24) is 5.32 Å². The number of methoxy groups -OCH3 is 1. The minimum atomic E-state index is -0.919. The quantitative estimate of drug-likeness (QED) is 0.741. The van der Waals surface area contributed by atoms with Crippen molar-refractivity contribution in [2.24, 2.45) is 10.8 Å². The van der Waals surface area contributed by atoms with E-state index >= 15 is 0 Å². The molecule has 1 atom stereocenters. The lowest BCUT2D eigenvalue weighted by atomic mass is 9.86. The van der Waals surface area contributed by atoms with Gasteiger partial charge in [0.2, 0.25) is 5.91 Å². The van der Waals surface area contributed by atoms with Crippen molar-refractivity contribution in [1.29, 1.82) is 5.26 Å². The van der Waals surface area contributed by atoms with Crippen LogP contribution in [-0.4, -0.2) is 26.2 Å². The Balaban J connectivity index is 4.29. The molecule has 0 aromatic rings. The average molecular weight is 240 g/mol. The Labute approximate surface area is 104 Å². The van der Waals surface area contributed by atoms with Crippen molar-refractivity contribution in [3.63, 3.8) is 0 Å². The van der Waals surface area contributed by atoms with E-state index in [-0.39, 0.29) is 11.3 Å². The molecule has 4 heteroatoms. The number of carbonyl (C=O) groups excluding carboxylic acids is 1. The van der Waals surface area contributed by atoms with Crippen LogP contribution >= 0.6 is 0 Å². The van der Waals surface area contributed by atoms with Crippen LogP contribution in [0.3, 0.4) is 0 Å². The Morgan fingerprint density at radius 3 is 2.41 bits per heavy atom. The molecule has 4 nitrogen and oxygen atoms in total. The maximum atomic E-state index is 11.9. The number of carbonyl (C=O) groups is 1. The summed E-state index contributed by atoms with van der Waals surface area (Å²) < 4.78 is 5.03. The van der Waals surface area contributed by atoms with E-state index in [2.05, 4.69) is 25.2 Å². The van der Waals surface area contributed by atoms with Crippen molar-refractivity contribution in [3.05, 3.63) is 0 Å². The van der Waals surface area contributed by atoms with E-state index < -0.39 is 5.41 Å². The summed E-state index contributed by atoms with van der Waals surface area (Å²) in [5, 5.41) is 11.9. The lowest BCUT2D eigenvalue weighted by Gasteiger charge is -2.27. The number of hydrogen-bond donors (Lipinski definition) is 1.